The van der Waals surface area contributed by atoms with Crippen molar-refractivity contribution in [2.45, 2.75) is 484 Å². The number of ether oxygens (including phenoxy) is 4. The van der Waals surface area contributed by atoms with Crippen molar-refractivity contribution in [2.75, 3.05) is 39.6 Å². The molecule has 0 rings (SSSR count). The maximum absolute atomic E-state index is 13.2. The second-order valence-corrected chi connectivity index (χ2v) is 34.7. The van der Waals surface area contributed by atoms with Crippen molar-refractivity contribution in [3.05, 3.63) is 0 Å². The normalized spacial score (nSPS) is 14.3. The zero-order valence-corrected chi connectivity index (χ0v) is 71.5. The highest BCUT2D eigenvalue weighted by Gasteiger charge is 2.30. The summed E-state index contributed by atoms with van der Waals surface area (Å²) >= 11 is 0. The minimum atomic E-state index is -4.97. The minimum Gasteiger partial charge on any atom is -0.462 e. The minimum absolute atomic E-state index is 0.107. The van der Waals surface area contributed by atoms with Crippen LogP contribution in [0.4, 0.5) is 0 Å². The highest BCUT2D eigenvalue weighted by molar-refractivity contribution is 7.47. The maximum Gasteiger partial charge on any atom is 0.472 e. The first-order valence-corrected chi connectivity index (χ1v) is 48.1. The number of carbonyl (C=O) groups excluding carboxylic acids is 4. The van der Waals surface area contributed by atoms with Gasteiger partial charge in [-0.3, -0.25) is 37.3 Å². The highest BCUT2D eigenvalue weighted by Crippen LogP contribution is 2.45. The van der Waals surface area contributed by atoms with E-state index in [-0.39, 0.29) is 25.7 Å². The molecule has 0 bridgehead atoms. The van der Waals surface area contributed by atoms with E-state index in [9.17, 15) is 43.2 Å². The van der Waals surface area contributed by atoms with Gasteiger partial charge in [0.1, 0.15) is 19.3 Å². The van der Waals surface area contributed by atoms with Crippen LogP contribution in [0.15, 0.2) is 0 Å². The van der Waals surface area contributed by atoms with Crippen LogP contribution in [0.2, 0.25) is 0 Å². The van der Waals surface area contributed by atoms with Gasteiger partial charge in [-0.05, 0) is 37.5 Å². The van der Waals surface area contributed by atoms with Gasteiger partial charge >= 0.3 is 39.5 Å². The summed E-state index contributed by atoms with van der Waals surface area (Å²) in [4.78, 5) is 73.2. The van der Waals surface area contributed by atoms with E-state index in [1.54, 1.807) is 0 Å². The average Bonchev–Trinajstić information content (AvgIpc) is 0.928. The lowest BCUT2D eigenvalue weighted by Gasteiger charge is -2.21. The largest absolute Gasteiger partial charge is 0.472 e. The molecule has 630 valence electrons. The molecule has 0 aromatic rings. The van der Waals surface area contributed by atoms with E-state index in [4.69, 9.17) is 37.0 Å². The predicted octanol–water partition coefficient (Wildman–Crippen LogP) is 26.6. The van der Waals surface area contributed by atoms with Crippen LogP contribution in [0.25, 0.3) is 0 Å². The van der Waals surface area contributed by atoms with Gasteiger partial charge in [-0.25, -0.2) is 9.13 Å². The molecule has 0 fully saturated rings. The Balaban J connectivity index is 5.19. The average molecular weight is 1550 g/mol. The fourth-order valence-corrected chi connectivity index (χ4v) is 15.1. The molecule has 7 atom stereocenters. The fraction of sp³-hybridized carbons (Fsp3) is 0.954. The first-order chi connectivity index (χ1) is 51.4. The predicted molar refractivity (Wildman–Crippen MR) is 437 cm³/mol. The Hall–Kier alpha value is -1.94. The molecule has 3 N–H and O–H groups in total. The van der Waals surface area contributed by atoms with Crippen LogP contribution in [0, 0.1) is 11.8 Å². The van der Waals surface area contributed by atoms with E-state index in [0.29, 0.717) is 25.7 Å². The van der Waals surface area contributed by atoms with Gasteiger partial charge in [0.05, 0.1) is 26.4 Å². The smallest absolute Gasteiger partial charge is 0.462 e. The summed E-state index contributed by atoms with van der Waals surface area (Å²) in [6.07, 6.45) is 70.9. The highest BCUT2D eigenvalue weighted by atomic mass is 31.2. The molecule has 0 saturated carbocycles. The molecule has 0 saturated heterocycles. The number of aliphatic hydroxyl groups is 1. The first-order valence-electron chi connectivity index (χ1n) is 45.1. The number of esters is 4. The van der Waals surface area contributed by atoms with Gasteiger partial charge in [-0.1, -0.05) is 414 Å². The number of phosphoric acid groups is 2. The standard InChI is InChI=1S/C87H170O17P2/c1-7-11-13-15-17-19-20-21-22-23-24-25-26-30-33-36-39-46-52-58-64-70-85(90)98-76-83(103-86(91)71-65-59-53-47-40-37-34-31-28-27-29-32-35-38-44-49-55-61-67-79(5)9-3)78-102-106(95,96)100-74-81(88)73-99-105(93,94)101-77-82(75-97-84(89)69-63-57-51-43-18-16-14-12-8-2)104-87(92)72-66-60-54-48-42-41-45-50-56-62-68-80(6)10-4/h79-83,88H,7-78H2,1-6H3,(H,93,94)(H,95,96)/t79?,80?,81-,82+,83+/m0/s1. The quantitative estimate of drug-likeness (QED) is 0.0222. The lowest BCUT2D eigenvalue weighted by Crippen LogP contribution is -2.30. The van der Waals surface area contributed by atoms with Gasteiger partial charge in [-0.15, -0.1) is 0 Å². The van der Waals surface area contributed by atoms with Gasteiger partial charge < -0.3 is 33.8 Å². The van der Waals surface area contributed by atoms with Gasteiger partial charge in [0.25, 0.3) is 0 Å². The van der Waals surface area contributed by atoms with Crippen molar-refractivity contribution in [3.63, 3.8) is 0 Å². The fourth-order valence-electron chi connectivity index (χ4n) is 13.5. The molecule has 0 aromatic heterocycles. The molecule has 0 spiro atoms. The van der Waals surface area contributed by atoms with Crippen LogP contribution in [-0.4, -0.2) is 96.7 Å². The van der Waals surface area contributed by atoms with Crippen molar-refractivity contribution >= 4 is 39.5 Å². The summed E-state index contributed by atoms with van der Waals surface area (Å²) in [7, 11) is -9.93. The van der Waals surface area contributed by atoms with Crippen LogP contribution in [0.3, 0.4) is 0 Å². The van der Waals surface area contributed by atoms with Crippen molar-refractivity contribution < 1.29 is 80.2 Å². The monoisotopic (exact) mass is 1550 g/mol. The van der Waals surface area contributed by atoms with E-state index in [1.165, 1.54) is 283 Å². The summed E-state index contributed by atoms with van der Waals surface area (Å²) < 4.78 is 68.9. The molecule has 19 heteroatoms. The first kappa shape index (κ1) is 104. The van der Waals surface area contributed by atoms with Crippen molar-refractivity contribution in [1.82, 2.24) is 0 Å². The number of hydrogen-bond donors (Lipinski definition) is 3. The number of unbranched alkanes of at least 4 members (excludes halogenated alkanes) is 54. The summed E-state index contributed by atoms with van der Waals surface area (Å²) in [5.41, 5.74) is 0. The Bertz CT molecular complexity index is 2030. The summed E-state index contributed by atoms with van der Waals surface area (Å²) in [6, 6.07) is 0. The molecular formula is C87H170O17P2. The molecule has 4 unspecified atom stereocenters. The van der Waals surface area contributed by atoms with Gasteiger partial charge in [0.2, 0.25) is 0 Å². The molecule has 0 aliphatic rings. The van der Waals surface area contributed by atoms with Gasteiger partial charge in [-0.2, -0.15) is 0 Å². The summed E-state index contributed by atoms with van der Waals surface area (Å²) in [5.74, 6) is -0.430. The van der Waals surface area contributed by atoms with E-state index < -0.39 is 97.5 Å². The molecular weight excluding hydrogens is 1380 g/mol. The molecule has 0 radical (unpaired) electrons. The van der Waals surface area contributed by atoms with E-state index in [2.05, 4.69) is 41.5 Å². The van der Waals surface area contributed by atoms with Crippen LogP contribution >= 0.6 is 15.6 Å². The Morgan fingerprint density at radius 1 is 0.264 bits per heavy atom. The van der Waals surface area contributed by atoms with E-state index in [1.807, 2.05) is 0 Å². The zero-order chi connectivity index (χ0) is 77.8. The topological polar surface area (TPSA) is 237 Å². The van der Waals surface area contributed by atoms with E-state index >= 15 is 0 Å². The zero-order valence-electron chi connectivity index (χ0n) is 69.7. The van der Waals surface area contributed by atoms with Crippen molar-refractivity contribution in [1.29, 1.82) is 0 Å². The lowest BCUT2D eigenvalue weighted by atomic mass is 9.99. The molecule has 106 heavy (non-hydrogen) atoms. The molecule has 0 heterocycles. The Labute approximate surface area is 651 Å². The third kappa shape index (κ3) is 77.4. The van der Waals surface area contributed by atoms with Gasteiger partial charge in [0, 0.05) is 25.7 Å². The van der Waals surface area contributed by atoms with Crippen LogP contribution in [0.1, 0.15) is 465 Å². The lowest BCUT2D eigenvalue weighted by molar-refractivity contribution is -0.161. The molecule has 17 nitrogen and oxygen atoms in total. The summed E-state index contributed by atoms with van der Waals surface area (Å²) in [6.45, 7) is 9.74. The van der Waals surface area contributed by atoms with E-state index in [0.717, 1.165) is 102 Å². The number of carbonyl (C=O) groups is 4. The Morgan fingerprint density at radius 2 is 0.453 bits per heavy atom. The second kappa shape index (κ2) is 78.3. The van der Waals surface area contributed by atoms with Crippen LogP contribution in [-0.2, 0) is 65.4 Å². The number of aliphatic hydroxyl groups excluding tert-OH is 1. The number of hydrogen-bond acceptors (Lipinski definition) is 15. The Morgan fingerprint density at radius 3 is 0.670 bits per heavy atom. The van der Waals surface area contributed by atoms with Crippen molar-refractivity contribution in [3.8, 4) is 0 Å². The summed E-state index contributed by atoms with van der Waals surface area (Å²) in [5, 5.41) is 10.7. The van der Waals surface area contributed by atoms with Crippen molar-refractivity contribution in [2.24, 2.45) is 11.8 Å². The molecule has 0 aromatic carbocycles. The third-order valence-electron chi connectivity index (χ3n) is 21.2. The Kier molecular flexibility index (Phi) is 76.9. The second-order valence-electron chi connectivity index (χ2n) is 31.8. The molecule has 0 aliphatic heterocycles. The van der Waals surface area contributed by atoms with Gasteiger partial charge in [0.15, 0.2) is 12.2 Å². The SMILES string of the molecule is CCCCCCCCCCCCCCCCCCCCCCCC(=O)OC[C@H](COP(=O)(O)OC[C@@H](O)COP(=O)(O)OC[C@@H](COC(=O)CCCCCCCCCCC)OC(=O)CCCCCCCCCCCCC(C)CC)OC(=O)CCCCCCCCCCCCCCCCCCCCC(C)CC. The molecule has 0 amide bonds. The number of phosphoric ester groups is 2. The van der Waals surface area contributed by atoms with Crippen LogP contribution < -0.4 is 0 Å². The van der Waals surface area contributed by atoms with Crippen LogP contribution in [0.5, 0.6) is 0 Å². The maximum atomic E-state index is 13.2. The molecule has 0 aliphatic carbocycles. The number of rotatable bonds is 86. The third-order valence-corrected chi connectivity index (χ3v) is 23.1.